The highest BCUT2D eigenvalue weighted by Gasteiger charge is 2.38. The van der Waals surface area contributed by atoms with Crippen LogP contribution in [0.5, 0.6) is 0 Å². The van der Waals surface area contributed by atoms with Crippen LogP contribution < -0.4 is 11.1 Å². The first-order valence-electron chi connectivity index (χ1n) is 8.86. The Morgan fingerprint density at radius 3 is 2.39 bits per heavy atom. The second kappa shape index (κ2) is 8.28. The molecular formula is C19H25N3O6. The molecule has 0 spiro atoms. The molecule has 28 heavy (non-hydrogen) atoms. The monoisotopic (exact) mass is 391 g/mol. The number of hydrogen-bond donors (Lipinski definition) is 3. The number of benzene rings is 1. The van der Waals surface area contributed by atoms with Gasteiger partial charge in [-0.25, -0.2) is 9.59 Å². The first-order chi connectivity index (χ1) is 13.0. The van der Waals surface area contributed by atoms with E-state index in [1.807, 2.05) is 6.07 Å². The number of carboxylic acid groups (broad SMARTS) is 1. The molecule has 1 heterocycles. The lowest BCUT2D eigenvalue weighted by molar-refractivity contribution is -0.152. The summed E-state index contributed by atoms with van der Waals surface area (Å²) >= 11 is 0. The van der Waals surface area contributed by atoms with Crippen LogP contribution in [0.25, 0.3) is 0 Å². The van der Waals surface area contributed by atoms with Crippen LogP contribution in [0.1, 0.15) is 38.3 Å². The first-order valence-corrected chi connectivity index (χ1v) is 8.86. The molecule has 1 unspecified atom stereocenters. The van der Waals surface area contributed by atoms with Gasteiger partial charge in [0.2, 0.25) is 11.8 Å². The average molecular weight is 391 g/mol. The largest absolute Gasteiger partial charge is 0.480 e. The molecule has 1 aromatic carbocycles. The molecule has 0 saturated carbocycles. The van der Waals surface area contributed by atoms with Crippen molar-refractivity contribution in [2.24, 2.45) is 5.73 Å². The number of nitrogens with one attached hydrogen (secondary N) is 1. The summed E-state index contributed by atoms with van der Waals surface area (Å²) in [6, 6.07) is 4.78. The number of nitrogens with zero attached hydrogens (tertiary/aromatic N) is 1. The molecule has 152 valence electrons. The summed E-state index contributed by atoms with van der Waals surface area (Å²) < 4.78 is 5.13. The lowest BCUT2D eigenvalue weighted by Crippen LogP contribution is -2.56. The predicted octanol–water partition coefficient (Wildman–Crippen LogP) is 0.793. The van der Waals surface area contributed by atoms with Crippen LogP contribution in [0, 0.1) is 0 Å². The van der Waals surface area contributed by atoms with Crippen LogP contribution in [0.3, 0.4) is 0 Å². The minimum Gasteiger partial charge on any atom is -0.480 e. The molecular weight excluding hydrogens is 366 g/mol. The van der Waals surface area contributed by atoms with Crippen molar-refractivity contribution in [3.8, 4) is 0 Å². The molecule has 0 bridgehead atoms. The van der Waals surface area contributed by atoms with E-state index in [1.165, 1.54) is 0 Å². The summed E-state index contributed by atoms with van der Waals surface area (Å²) in [4.78, 5) is 49.4. The lowest BCUT2D eigenvalue weighted by Gasteiger charge is -2.36. The van der Waals surface area contributed by atoms with Crippen LogP contribution in [0.15, 0.2) is 24.3 Å². The van der Waals surface area contributed by atoms with Gasteiger partial charge in [-0.3, -0.25) is 9.59 Å². The zero-order valence-corrected chi connectivity index (χ0v) is 16.1. The second-order valence-corrected chi connectivity index (χ2v) is 7.66. The topological polar surface area (TPSA) is 139 Å². The maximum Gasteiger partial charge on any atom is 0.408 e. The molecule has 0 saturated heterocycles. The minimum atomic E-state index is -1.32. The molecule has 2 rings (SSSR count). The molecule has 9 heteroatoms. The fraction of sp³-hybridized carbons (Fsp3) is 0.474. The summed E-state index contributed by atoms with van der Waals surface area (Å²) in [5.74, 6) is -2.68. The van der Waals surface area contributed by atoms with Crippen molar-refractivity contribution < 1.29 is 29.0 Å². The van der Waals surface area contributed by atoms with Crippen LogP contribution in [0.2, 0.25) is 0 Å². The molecule has 1 aromatic rings. The van der Waals surface area contributed by atoms with Crippen molar-refractivity contribution >= 4 is 23.9 Å². The van der Waals surface area contributed by atoms with Crippen molar-refractivity contribution in [1.29, 1.82) is 0 Å². The van der Waals surface area contributed by atoms with Gasteiger partial charge < -0.3 is 25.8 Å². The highest BCUT2D eigenvalue weighted by Crippen LogP contribution is 2.24. The van der Waals surface area contributed by atoms with Gasteiger partial charge in [0.1, 0.15) is 17.7 Å². The van der Waals surface area contributed by atoms with Crippen molar-refractivity contribution in [2.75, 3.05) is 0 Å². The highest BCUT2D eigenvalue weighted by molar-refractivity contribution is 5.93. The van der Waals surface area contributed by atoms with Crippen molar-refractivity contribution in [3.63, 3.8) is 0 Å². The van der Waals surface area contributed by atoms with Gasteiger partial charge in [0.25, 0.3) is 0 Å². The van der Waals surface area contributed by atoms with Gasteiger partial charge in [-0.1, -0.05) is 24.3 Å². The Kier molecular flexibility index (Phi) is 6.27. The number of rotatable bonds is 5. The zero-order valence-electron chi connectivity index (χ0n) is 16.1. The smallest absolute Gasteiger partial charge is 0.408 e. The van der Waals surface area contributed by atoms with E-state index in [0.717, 1.165) is 16.0 Å². The zero-order chi connectivity index (χ0) is 21.1. The van der Waals surface area contributed by atoms with Gasteiger partial charge in [-0.15, -0.1) is 0 Å². The van der Waals surface area contributed by atoms with Gasteiger partial charge in [-0.05, 0) is 31.9 Å². The number of carbonyl (C=O) groups is 4. The Labute approximate surface area is 162 Å². The van der Waals surface area contributed by atoms with Gasteiger partial charge >= 0.3 is 12.1 Å². The van der Waals surface area contributed by atoms with E-state index < -0.39 is 48.0 Å². The third-order valence-electron chi connectivity index (χ3n) is 4.21. The quantitative estimate of drug-likeness (QED) is 0.678. The van der Waals surface area contributed by atoms with E-state index >= 15 is 0 Å². The fourth-order valence-corrected chi connectivity index (χ4v) is 3.03. The van der Waals surface area contributed by atoms with Crippen molar-refractivity contribution in [1.82, 2.24) is 10.2 Å². The Balaban J connectivity index is 2.27. The molecule has 1 aliphatic heterocycles. The molecule has 0 radical (unpaired) electrons. The van der Waals surface area contributed by atoms with Gasteiger partial charge in [0.05, 0.1) is 6.42 Å². The number of amides is 3. The summed E-state index contributed by atoms with van der Waals surface area (Å²) in [6.45, 7) is 5.01. The van der Waals surface area contributed by atoms with E-state index in [9.17, 15) is 24.3 Å². The number of alkyl carbamates (subject to hydrolysis) is 1. The van der Waals surface area contributed by atoms with Crippen LogP contribution in [-0.4, -0.2) is 51.6 Å². The lowest BCUT2D eigenvalue weighted by atomic mass is 9.93. The van der Waals surface area contributed by atoms with E-state index in [4.69, 9.17) is 10.5 Å². The third kappa shape index (κ3) is 5.45. The van der Waals surface area contributed by atoms with E-state index in [1.54, 1.807) is 39.0 Å². The van der Waals surface area contributed by atoms with Gasteiger partial charge in [0, 0.05) is 13.0 Å². The number of nitrogens with two attached hydrogens (primary N) is 1. The second-order valence-electron chi connectivity index (χ2n) is 7.66. The third-order valence-corrected chi connectivity index (χ3v) is 4.21. The Morgan fingerprint density at radius 1 is 1.25 bits per heavy atom. The molecule has 2 atom stereocenters. The summed E-state index contributed by atoms with van der Waals surface area (Å²) in [5, 5.41) is 11.9. The maximum absolute atomic E-state index is 13.0. The minimum absolute atomic E-state index is 0.0528. The van der Waals surface area contributed by atoms with Crippen LogP contribution in [0.4, 0.5) is 4.79 Å². The standard InChI is InChI=1S/C19H25N3O6/c1-19(2,3)28-18(27)21-13(9-15(20)23)16(24)22-10-12-7-5-4-6-11(12)8-14(22)17(25)26/h4-7,13-14H,8-10H2,1-3H3,(H2,20,23)(H,21,27)(H,25,26)/t13?,14-/m0/s1. The van der Waals surface area contributed by atoms with E-state index in [-0.39, 0.29) is 13.0 Å². The Morgan fingerprint density at radius 2 is 1.86 bits per heavy atom. The number of aliphatic carboxylic acids is 1. The molecule has 0 fully saturated rings. The maximum atomic E-state index is 13.0. The highest BCUT2D eigenvalue weighted by atomic mass is 16.6. The Hall–Kier alpha value is -3.10. The molecule has 0 aliphatic carbocycles. The summed E-state index contributed by atoms with van der Waals surface area (Å²) in [5.41, 5.74) is 6.06. The number of ether oxygens (including phenoxy) is 1. The first kappa shape index (κ1) is 21.2. The number of carbonyl (C=O) groups excluding carboxylic acids is 3. The van der Waals surface area contributed by atoms with Gasteiger partial charge in [-0.2, -0.15) is 0 Å². The number of carboxylic acids is 1. The fourth-order valence-electron chi connectivity index (χ4n) is 3.03. The number of fused-ring (bicyclic) bond motifs is 1. The Bertz CT molecular complexity index is 786. The summed E-state index contributed by atoms with van der Waals surface area (Å²) in [6.07, 6.45) is -1.23. The van der Waals surface area contributed by atoms with E-state index in [2.05, 4.69) is 5.32 Å². The molecule has 9 nitrogen and oxygen atoms in total. The van der Waals surface area contributed by atoms with E-state index in [0.29, 0.717) is 0 Å². The molecule has 3 amide bonds. The molecule has 0 aromatic heterocycles. The SMILES string of the molecule is CC(C)(C)OC(=O)NC(CC(N)=O)C(=O)N1Cc2ccccc2C[C@H]1C(=O)O. The normalized spacial score (nSPS) is 17.2. The van der Waals surface area contributed by atoms with Crippen molar-refractivity contribution in [3.05, 3.63) is 35.4 Å². The molecule has 1 aliphatic rings. The van der Waals surface area contributed by atoms with Gasteiger partial charge in [0.15, 0.2) is 0 Å². The predicted molar refractivity (Wildman–Crippen MR) is 99.1 cm³/mol. The summed E-state index contributed by atoms with van der Waals surface area (Å²) in [7, 11) is 0. The average Bonchev–Trinajstić information content (AvgIpc) is 2.57. The van der Waals surface area contributed by atoms with Crippen LogP contribution >= 0.6 is 0 Å². The number of primary amides is 1. The van der Waals surface area contributed by atoms with Crippen molar-refractivity contribution in [2.45, 2.75) is 57.8 Å². The number of hydrogen-bond acceptors (Lipinski definition) is 5. The molecule has 4 N–H and O–H groups in total. The van der Waals surface area contributed by atoms with Crippen LogP contribution in [-0.2, 0) is 32.1 Å².